The van der Waals surface area contributed by atoms with Crippen LogP contribution in [0.2, 0.25) is 0 Å². The summed E-state index contributed by atoms with van der Waals surface area (Å²) in [5.74, 6) is 0.908. The van der Waals surface area contributed by atoms with E-state index in [0.717, 1.165) is 68.2 Å². The Hall–Kier alpha value is -2.44. The topological polar surface area (TPSA) is 45.1 Å². The summed E-state index contributed by atoms with van der Waals surface area (Å²) in [4.78, 5) is 7.61. The highest BCUT2D eigenvalue weighted by atomic mass is 19.1. The van der Waals surface area contributed by atoms with Gasteiger partial charge in [-0.1, -0.05) is 19.1 Å². The fraction of sp³-hybridized carbons (Fsp3) is 0.500. The highest BCUT2D eigenvalue weighted by molar-refractivity contribution is 5.84. The third kappa shape index (κ3) is 4.39. The zero-order chi connectivity index (χ0) is 22.8. The van der Waals surface area contributed by atoms with E-state index in [4.69, 9.17) is 4.98 Å². The Morgan fingerprint density at radius 2 is 1.72 bits per heavy atom. The van der Waals surface area contributed by atoms with Crippen LogP contribution in [0.1, 0.15) is 46.7 Å². The van der Waals surface area contributed by atoms with Crippen molar-refractivity contribution in [3.63, 3.8) is 0 Å². The molecule has 0 bridgehead atoms. The molecule has 0 unspecified atom stereocenters. The van der Waals surface area contributed by atoms with Crippen LogP contribution in [-0.4, -0.2) is 42.3 Å². The number of nitrogens with one attached hydrogen (secondary N) is 2. The van der Waals surface area contributed by atoms with E-state index in [1.165, 1.54) is 16.7 Å². The van der Waals surface area contributed by atoms with Gasteiger partial charge < -0.3 is 20.1 Å². The lowest BCUT2D eigenvalue weighted by Crippen LogP contribution is -2.44. The monoisotopic (exact) mass is 437 g/mol. The molecule has 5 nitrogen and oxygen atoms in total. The van der Waals surface area contributed by atoms with E-state index in [0.29, 0.717) is 17.7 Å². The van der Waals surface area contributed by atoms with Crippen LogP contribution >= 0.6 is 0 Å². The molecule has 0 saturated carbocycles. The molecule has 1 saturated heterocycles. The lowest BCUT2D eigenvalue weighted by molar-refractivity contribution is 0.571. The van der Waals surface area contributed by atoms with Crippen molar-refractivity contribution in [1.29, 1.82) is 0 Å². The third-order valence-electron chi connectivity index (χ3n) is 6.64. The molecule has 0 radical (unpaired) electrons. The molecular weight excluding hydrogens is 401 g/mol. The Balaban J connectivity index is 1.86. The minimum Gasteiger partial charge on any atom is -0.340 e. The quantitative estimate of drug-likeness (QED) is 0.539. The molecule has 0 spiro atoms. The van der Waals surface area contributed by atoms with Crippen molar-refractivity contribution in [2.45, 2.75) is 54.1 Å². The SMILES string of the molecule is CCCNCc1c(C)c(C)cc2c1nc(N1CCNCC1)n2Cc1cc(C)c(F)c(C)c1. The van der Waals surface area contributed by atoms with Crippen LogP contribution in [0.4, 0.5) is 10.3 Å². The predicted molar refractivity (Wildman–Crippen MR) is 131 cm³/mol. The number of piperazine rings is 1. The highest BCUT2D eigenvalue weighted by Gasteiger charge is 2.22. The number of aryl methyl sites for hydroxylation is 3. The number of hydrogen-bond donors (Lipinski definition) is 2. The van der Waals surface area contributed by atoms with Crippen molar-refractivity contribution >= 4 is 17.0 Å². The zero-order valence-corrected chi connectivity index (χ0v) is 20.1. The predicted octanol–water partition coefficient (Wildman–Crippen LogP) is 4.37. The first-order chi connectivity index (χ1) is 15.4. The first-order valence-electron chi connectivity index (χ1n) is 11.8. The standard InChI is InChI=1S/C26H36FN5/c1-6-7-29-15-22-20(5)17(2)14-23-25(22)30-26(31-10-8-28-9-11-31)32(23)16-21-12-18(3)24(27)19(4)13-21/h12-14,28-29H,6-11,15-16H2,1-5H3. The lowest BCUT2D eigenvalue weighted by atomic mass is 10.0. The van der Waals surface area contributed by atoms with Crippen LogP contribution in [-0.2, 0) is 13.1 Å². The van der Waals surface area contributed by atoms with Crippen LogP contribution in [0, 0.1) is 33.5 Å². The van der Waals surface area contributed by atoms with E-state index < -0.39 is 0 Å². The van der Waals surface area contributed by atoms with Gasteiger partial charge in [0, 0.05) is 32.7 Å². The van der Waals surface area contributed by atoms with Gasteiger partial charge in [-0.2, -0.15) is 0 Å². The second kappa shape index (κ2) is 9.59. The Kier molecular flexibility index (Phi) is 6.82. The van der Waals surface area contributed by atoms with E-state index >= 15 is 0 Å². The molecule has 1 aliphatic rings. The number of halogens is 1. The minimum absolute atomic E-state index is 0.109. The molecule has 3 aromatic rings. The maximum atomic E-state index is 14.3. The summed E-state index contributed by atoms with van der Waals surface area (Å²) in [6, 6.07) is 6.22. The highest BCUT2D eigenvalue weighted by Crippen LogP contribution is 2.31. The summed E-state index contributed by atoms with van der Waals surface area (Å²) in [5.41, 5.74) is 8.64. The van der Waals surface area contributed by atoms with Gasteiger partial charge in [-0.3, -0.25) is 0 Å². The summed E-state index contributed by atoms with van der Waals surface area (Å²) < 4.78 is 16.6. The summed E-state index contributed by atoms with van der Waals surface area (Å²) in [6.45, 7) is 16.6. The summed E-state index contributed by atoms with van der Waals surface area (Å²) >= 11 is 0. The molecule has 0 atom stereocenters. The molecule has 4 rings (SSSR count). The number of rotatable bonds is 7. The van der Waals surface area contributed by atoms with Gasteiger partial charge >= 0.3 is 0 Å². The largest absolute Gasteiger partial charge is 0.340 e. The van der Waals surface area contributed by atoms with Crippen molar-refractivity contribution in [2.75, 3.05) is 37.6 Å². The van der Waals surface area contributed by atoms with Gasteiger partial charge in [-0.25, -0.2) is 9.37 Å². The van der Waals surface area contributed by atoms with Gasteiger partial charge in [0.25, 0.3) is 0 Å². The van der Waals surface area contributed by atoms with E-state index in [1.54, 1.807) is 0 Å². The first-order valence-corrected chi connectivity index (χ1v) is 11.8. The molecular formula is C26H36FN5. The molecule has 2 aromatic carbocycles. The van der Waals surface area contributed by atoms with Crippen LogP contribution in [0.15, 0.2) is 18.2 Å². The average Bonchev–Trinajstić information content (AvgIpc) is 3.13. The number of nitrogens with zero attached hydrogens (tertiary/aromatic N) is 3. The van der Waals surface area contributed by atoms with Crippen LogP contribution < -0.4 is 15.5 Å². The second-order valence-electron chi connectivity index (χ2n) is 9.12. The maximum Gasteiger partial charge on any atom is 0.206 e. The molecule has 0 aliphatic carbocycles. The number of aromatic nitrogens is 2. The van der Waals surface area contributed by atoms with E-state index in [2.05, 4.69) is 46.9 Å². The third-order valence-corrected chi connectivity index (χ3v) is 6.64. The van der Waals surface area contributed by atoms with Crippen molar-refractivity contribution < 1.29 is 4.39 Å². The fourth-order valence-electron chi connectivity index (χ4n) is 4.73. The number of hydrogen-bond acceptors (Lipinski definition) is 4. The molecule has 32 heavy (non-hydrogen) atoms. The molecule has 6 heteroatoms. The van der Waals surface area contributed by atoms with Crippen LogP contribution in [0.5, 0.6) is 0 Å². The lowest BCUT2D eigenvalue weighted by Gasteiger charge is -2.29. The Bertz CT molecular complexity index is 1090. The number of imidazole rings is 1. The molecule has 1 fully saturated rings. The van der Waals surface area contributed by atoms with E-state index in [1.807, 2.05) is 26.0 Å². The molecule has 0 amide bonds. The van der Waals surface area contributed by atoms with Gasteiger partial charge in [0.15, 0.2) is 0 Å². The van der Waals surface area contributed by atoms with Crippen LogP contribution in [0.25, 0.3) is 11.0 Å². The smallest absolute Gasteiger partial charge is 0.206 e. The number of anilines is 1. The first kappa shape index (κ1) is 22.7. The molecule has 2 heterocycles. The van der Waals surface area contributed by atoms with E-state index in [-0.39, 0.29) is 5.82 Å². The van der Waals surface area contributed by atoms with Crippen molar-refractivity contribution in [1.82, 2.24) is 20.2 Å². The van der Waals surface area contributed by atoms with Crippen molar-refractivity contribution in [3.8, 4) is 0 Å². The zero-order valence-electron chi connectivity index (χ0n) is 20.1. The van der Waals surface area contributed by atoms with Gasteiger partial charge in [0.1, 0.15) is 5.82 Å². The molecule has 1 aromatic heterocycles. The second-order valence-corrected chi connectivity index (χ2v) is 9.12. The number of benzene rings is 2. The summed E-state index contributed by atoms with van der Waals surface area (Å²) in [5, 5.41) is 7.02. The summed E-state index contributed by atoms with van der Waals surface area (Å²) in [7, 11) is 0. The van der Waals surface area contributed by atoms with Gasteiger partial charge in [-0.15, -0.1) is 0 Å². The van der Waals surface area contributed by atoms with Crippen LogP contribution in [0.3, 0.4) is 0 Å². The molecule has 172 valence electrons. The normalized spacial score (nSPS) is 14.5. The van der Waals surface area contributed by atoms with Gasteiger partial charge in [0.05, 0.1) is 17.6 Å². The Labute approximate surface area is 191 Å². The number of fused-ring (bicyclic) bond motifs is 1. The maximum absolute atomic E-state index is 14.3. The fourth-order valence-corrected chi connectivity index (χ4v) is 4.73. The Morgan fingerprint density at radius 3 is 2.38 bits per heavy atom. The Morgan fingerprint density at radius 1 is 1.03 bits per heavy atom. The minimum atomic E-state index is -0.109. The van der Waals surface area contributed by atoms with Gasteiger partial charge in [-0.05, 0) is 80.1 Å². The van der Waals surface area contributed by atoms with Gasteiger partial charge in [0.2, 0.25) is 5.95 Å². The average molecular weight is 438 g/mol. The van der Waals surface area contributed by atoms with E-state index in [9.17, 15) is 4.39 Å². The van der Waals surface area contributed by atoms with Crippen molar-refractivity contribution in [2.24, 2.45) is 0 Å². The molecule has 2 N–H and O–H groups in total. The molecule has 1 aliphatic heterocycles. The van der Waals surface area contributed by atoms with Crippen molar-refractivity contribution in [3.05, 3.63) is 57.4 Å². The summed E-state index contributed by atoms with van der Waals surface area (Å²) in [6.07, 6.45) is 1.11.